The lowest BCUT2D eigenvalue weighted by Crippen LogP contribution is -2.26. The van der Waals surface area contributed by atoms with Crippen molar-refractivity contribution >= 4 is 17.7 Å². The number of benzene rings is 2. The van der Waals surface area contributed by atoms with E-state index in [0.29, 0.717) is 17.3 Å². The van der Waals surface area contributed by atoms with E-state index in [9.17, 15) is 4.79 Å². The molecule has 7 heteroatoms. The zero-order valence-corrected chi connectivity index (χ0v) is 14.2. The lowest BCUT2D eigenvalue weighted by atomic mass is 10.1. The average molecular weight is 357 g/mol. The third-order valence-electron chi connectivity index (χ3n) is 3.52. The highest BCUT2D eigenvalue weighted by molar-refractivity contribution is 6.32. The van der Waals surface area contributed by atoms with Gasteiger partial charge in [0.05, 0.1) is 16.9 Å². The first-order chi connectivity index (χ1) is 12.2. The van der Waals surface area contributed by atoms with Crippen LogP contribution in [0.2, 0.25) is 5.02 Å². The molecular weight excluding hydrogens is 340 g/mol. The smallest absolute Gasteiger partial charge is 0.407 e. The molecular formula is C18H17ClN4O2. The number of ether oxygens (including phenoxy) is 1. The standard InChI is InChI=1S/C18H17ClN4O2/c19-16-8-4-5-9-17(16)23-12-15(21-22-23)13-25-18(24)20-11-10-14-6-2-1-3-7-14/h1-9,12H,10-11,13H2,(H,20,24). The number of nitrogens with zero attached hydrogens (tertiary/aromatic N) is 3. The van der Waals surface area contributed by atoms with Crippen molar-refractivity contribution in [1.82, 2.24) is 20.3 Å². The predicted octanol–water partition coefficient (Wildman–Crippen LogP) is 3.39. The van der Waals surface area contributed by atoms with Crippen molar-refractivity contribution in [2.24, 2.45) is 0 Å². The summed E-state index contributed by atoms with van der Waals surface area (Å²) in [5.41, 5.74) is 2.42. The zero-order valence-electron chi connectivity index (χ0n) is 13.4. The number of hydrogen-bond acceptors (Lipinski definition) is 4. The van der Waals surface area contributed by atoms with Crippen LogP contribution in [0.3, 0.4) is 0 Å². The molecule has 0 aliphatic heterocycles. The number of carbonyl (C=O) groups is 1. The molecule has 1 heterocycles. The highest BCUT2D eigenvalue weighted by Gasteiger charge is 2.08. The van der Waals surface area contributed by atoms with E-state index >= 15 is 0 Å². The Bertz CT molecular complexity index is 836. The predicted molar refractivity (Wildman–Crippen MR) is 94.7 cm³/mol. The van der Waals surface area contributed by atoms with Crippen LogP contribution in [0.15, 0.2) is 60.8 Å². The van der Waals surface area contributed by atoms with Crippen molar-refractivity contribution in [3.05, 3.63) is 77.1 Å². The van der Waals surface area contributed by atoms with Gasteiger partial charge in [0.2, 0.25) is 0 Å². The Morgan fingerprint density at radius 2 is 1.88 bits per heavy atom. The lowest BCUT2D eigenvalue weighted by molar-refractivity contribution is 0.138. The number of para-hydroxylation sites is 1. The van der Waals surface area contributed by atoms with E-state index in [4.69, 9.17) is 16.3 Å². The summed E-state index contributed by atoms with van der Waals surface area (Å²) in [6.07, 6.45) is 1.94. The van der Waals surface area contributed by atoms with E-state index in [1.807, 2.05) is 48.5 Å². The Morgan fingerprint density at radius 1 is 1.12 bits per heavy atom. The monoisotopic (exact) mass is 356 g/mol. The van der Waals surface area contributed by atoms with Crippen LogP contribution in [0, 0.1) is 0 Å². The molecule has 0 spiro atoms. The van der Waals surface area contributed by atoms with Crippen molar-refractivity contribution in [3.63, 3.8) is 0 Å². The minimum Gasteiger partial charge on any atom is -0.443 e. The van der Waals surface area contributed by atoms with E-state index < -0.39 is 6.09 Å². The molecule has 0 aliphatic carbocycles. The van der Waals surface area contributed by atoms with Gasteiger partial charge in [-0.05, 0) is 24.1 Å². The molecule has 3 rings (SSSR count). The Hall–Kier alpha value is -2.86. The maximum absolute atomic E-state index is 11.7. The van der Waals surface area contributed by atoms with Gasteiger partial charge in [-0.1, -0.05) is 59.3 Å². The van der Waals surface area contributed by atoms with Crippen LogP contribution < -0.4 is 5.32 Å². The molecule has 0 aliphatic rings. The molecule has 25 heavy (non-hydrogen) atoms. The van der Waals surface area contributed by atoms with E-state index in [1.165, 1.54) is 0 Å². The Balaban J connectivity index is 1.46. The van der Waals surface area contributed by atoms with E-state index in [0.717, 1.165) is 17.7 Å². The molecule has 0 saturated carbocycles. The van der Waals surface area contributed by atoms with Gasteiger partial charge in [0.1, 0.15) is 12.3 Å². The molecule has 2 aromatic carbocycles. The van der Waals surface area contributed by atoms with E-state index in [2.05, 4.69) is 15.6 Å². The van der Waals surface area contributed by atoms with Crippen LogP contribution in [0.5, 0.6) is 0 Å². The summed E-state index contributed by atoms with van der Waals surface area (Å²) in [4.78, 5) is 11.7. The summed E-state index contributed by atoms with van der Waals surface area (Å²) < 4.78 is 6.70. The van der Waals surface area contributed by atoms with Gasteiger partial charge >= 0.3 is 6.09 Å². The van der Waals surface area contributed by atoms with Crippen molar-refractivity contribution in [2.45, 2.75) is 13.0 Å². The molecule has 6 nitrogen and oxygen atoms in total. The zero-order chi connectivity index (χ0) is 17.5. The molecule has 0 atom stereocenters. The lowest BCUT2D eigenvalue weighted by Gasteiger charge is -2.05. The molecule has 0 saturated heterocycles. The first-order valence-corrected chi connectivity index (χ1v) is 8.21. The van der Waals surface area contributed by atoms with Crippen LogP contribution in [-0.4, -0.2) is 27.6 Å². The number of alkyl carbamates (subject to hydrolysis) is 1. The van der Waals surface area contributed by atoms with Gasteiger partial charge < -0.3 is 10.1 Å². The Morgan fingerprint density at radius 3 is 2.68 bits per heavy atom. The van der Waals surface area contributed by atoms with Crippen molar-refractivity contribution in [1.29, 1.82) is 0 Å². The third kappa shape index (κ3) is 4.81. The molecule has 0 unspecified atom stereocenters. The van der Waals surface area contributed by atoms with Crippen molar-refractivity contribution < 1.29 is 9.53 Å². The average Bonchev–Trinajstić information content (AvgIpc) is 3.10. The third-order valence-corrected chi connectivity index (χ3v) is 3.84. The number of rotatable bonds is 6. The topological polar surface area (TPSA) is 69.0 Å². The fraction of sp³-hybridized carbons (Fsp3) is 0.167. The number of carbonyl (C=O) groups excluding carboxylic acids is 1. The largest absolute Gasteiger partial charge is 0.443 e. The second-order valence-electron chi connectivity index (χ2n) is 5.34. The molecule has 1 amide bonds. The van der Waals surface area contributed by atoms with E-state index in [-0.39, 0.29) is 6.61 Å². The normalized spacial score (nSPS) is 10.4. The Labute approximate surface area is 150 Å². The second kappa shape index (κ2) is 8.30. The summed E-state index contributed by atoms with van der Waals surface area (Å²) in [5.74, 6) is 0. The number of halogens is 1. The van der Waals surface area contributed by atoms with Crippen molar-refractivity contribution in [3.8, 4) is 5.69 Å². The number of hydrogen-bond donors (Lipinski definition) is 1. The molecule has 0 fully saturated rings. The second-order valence-corrected chi connectivity index (χ2v) is 5.75. The fourth-order valence-electron chi connectivity index (χ4n) is 2.26. The van der Waals surface area contributed by atoms with Crippen molar-refractivity contribution in [2.75, 3.05) is 6.54 Å². The van der Waals surface area contributed by atoms with Gasteiger partial charge in [0.25, 0.3) is 0 Å². The Kier molecular flexibility index (Phi) is 5.64. The number of nitrogens with one attached hydrogen (secondary N) is 1. The molecule has 1 aromatic heterocycles. The maximum Gasteiger partial charge on any atom is 0.407 e. The van der Waals surface area contributed by atoms with Gasteiger partial charge in [-0.3, -0.25) is 0 Å². The van der Waals surface area contributed by atoms with Gasteiger partial charge in [0.15, 0.2) is 0 Å². The van der Waals surface area contributed by atoms with Crippen LogP contribution in [0.4, 0.5) is 4.79 Å². The van der Waals surface area contributed by atoms with Crippen LogP contribution in [-0.2, 0) is 17.8 Å². The molecule has 1 N–H and O–H groups in total. The fourth-order valence-corrected chi connectivity index (χ4v) is 2.49. The highest BCUT2D eigenvalue weighted by Crippen LogP contribution is 2.18. The molecule has 128 valence electrons. The minimum atomic E-state index is -0.483. The summed E-state index contributed by atoms with van der Waals surface area (Å²) >= 11 is 6.12. The number of aromatic nitrogens is 3. The maximum atomic E-state index is 11.7. The van der Waals surface area contributed by atoms with Gasteiger partial charge in [-0.2, -0.15) is 0 Å². The number of amides is 1. The minimum absolute atomic E-state index is 0.0433. The van der Waals surface area contributed by atoms with Gasteiger partial charge in [0, 0.05) is 6.54 Å². The summed E-state index contributed by atoms with van der Waals surface area (Å²) in [7, 11) is 0. The summed E-state index contributed by atoms with van der Waals surface area (Å²) in [5, 5.41) is 11.3. The van der Waals surface area contributed by atoms with Crippen LogP contribution in [0.25, 0.3) is 5.69 Å². The first-order valence-electron chi connectivity index (χ1n) is 7.83. The molecule has 3 aromatic rings. The van der Waals surface area contributed by atoms with Gasteiger partial charge in [-0.25, -0.2) is 9.48 Å². The first kappa shape index (κ1) is 17.0. The SMILES string of the molecule is O=C(NCCc1ccccc1)OCc1cn(-c2ccccc2Cl)nn1. The van der Waals surface area contributed by atoms with Crippen LogP contribution in [0.1, 0.15) is 11.3 Å². The summed E-state index contributed by atoms with van der Waals surface area (Å²) in [6.45, 7) is 0.552. The van der Waals surface area contributed by atoms with Crippen LogP contribution >= 0.6 is 11.6 Å². The summed E-state index contributed by atoms with van der Waals surface area (Å²) in [6, 6.07) is 17.2. The van der Waals surface area contributed by atoms with Gasteiger partial charge in [-0.15, -0.1) is 5.10 Å². The highest BCUT2D eigenvalue weighted by atomic mass is 35.5. The molecule has 0 bridgehead atoms. The quantitative estimate of drug-likeness (QED) is 0.735. The molecule has 0 radical (unpaired) electrons. The van der Waals surface area contributed by atoms with E-state index in [1.54, 1.807) is 16.9 Å².